The van der Waals surface area contributed by atoms with Crippen LogP contribution >= 0.6 is 11.3 Å². The van der Waals surface area contributed by atoms with E-state index in [0.717, 1.165) is 32.9 Å². The number of hydrogen-bond acceptors (Lipinski definition) is 5. The summed E-state index contributed by atoms with van der Waals surface area (Å²) in [5, 5.41) is 6.83. The van der Waals surface area contributed by atoms with Crippen LogP contribution in [0, 0.1) is 6.92 Å². The number of pyridine rings is 1. The minimum atomic E-state index is -0.0675. The number of rotatable bonds is 4. The fourth-order valence-electron chi connectivity index (χ4n) is 2.92. The van der Waals surface area contributed by atoms with E-state index in [0.29, 0.717) is 12.1 Å². The number of aryl methyl sites for hydroxylation is 1. The third-order valence-corrected chi connectivity index (χ3v) is 5.04. The molecular weight excluding hydrogens is 346 g/mol. The van der Waals surface area contributed by atoms with Crippen molar-refractivity contribution in [1.29, 1.82) is 0 Å². The first-order valence-electron chi connectivity index (χ1n) is 8.23. The Morgan fingerprint density at radius 3 is 2.77 bits per heavy atom. The lowest BCUT2D eigenvalue weighted by atomic mass is 10.1. The minimum Gasteiger partial charge on any atom is -0.361 e. The summed E-state index contributed by atoms with van der Waals surface area (Å²) in [7, 11) is 1.77. The highest BCUT2D eigenvalue weighted by atomic mass is 32.1. The van der Waals surface area contributed by atoms with Gasteiger partial charge in [0.15, 0.2) is 0 Å². The zero-order chi connectivity index (χ0) is 18.1. The van der Waals surface area contributed by atoms with Gasteiger partial charge in [-0.25, -0.2) is 4.98 Å². The first-order chi connectivity index (χ1) is 12.6. The average Bonchev–Trinajstić information content (AvgIpc) is 3.32. The largest absolute Gasteiger partial charge is 0.361 e. The van der Waals surface area contributed by atoms with Crippen molar-refractivity contribution in [3.8, 4) is 10.6 Å². The lowest BCUT2D eigenvalue weighted by Crippen LogP contribution is -2.26. The topological polar surface area (TPSA) is 59.2 Å². The summed E-state index contributed by atoms with van der Waals surface area (Å²) in [6, 6.07) is 15.4. The molecule has 130 valence electrons. The van der Waals surface area contributed by atoms with Gasteiger partial charge in [-0.3, -0.25) is 4.79 Å². The first kappa shape index (κ1) is 16.5. The molecule has 0 unspecified atom stereocenters. The zero-order valence-corrected chi connectivity index (χ0v) is 15.3. The molecule has 0 atom stereocenters. The number of amides is 1. The Balaban J connectivity index is 1.75. The Labute approximate surface area is 154 Å². The maximum atomic E-state index is 13.1. The number of carbonyl (C=O) groups is 1. The smallest absolute Gasteiger partial charge is 0.254 e. The van der Waals surface area contributed by atoms with Crippen molar-refractivity contribution in [3.63, 3.8) is 0 Å². The molecular formula is C20H17N3O2S. The summed E-state index contributed by atoms with van der Waals surface area (Å²) in [4.78, 5) is 20.5. The van der Waals surface area contributed by atoms with E-state index in [1.54, 1.807) is 23.3 Å². The summed E-state index contributed by atoms with van der Waals surface area (Å²) in [5.41, 5.74) is 3.00. The van der Waals surface area contributed by atoms with Gasteiger partial charge in [0.25, 0.3) is 5.91 Å². The molecule has 0 saturated heterocycles. The predicted molar refractivity (Wildman–Crippen MR) is 102 cm³/mol. The van der Waals surface area contributed by atoms with Gasteiger partial charge in [-0.15, -0.1) is 11.3 Å². The van der Waals surface area contributed by atoms with Crippen LogP contribution in [0.2, 0.25) is 0 Å². The second-order valence-electron chi connectivity index (χ2n) is 6.14. The van der Waals surface area contributed by atoms with Crippen LogP contribution in [0.5, 0.6) is 0 Å². The van der Waals surface area contributed by atoms with Gasteiger partial charge in [-0.05, 0) is 30.5 Å². The molecule has 26 heavy (non-hydrogen) atoms. The van der Waals surface area contributed by atoms with Crippen LogP contribution in [0.3, 0.4) is 0 Å². The van der Waals surface area contributed by atoms with E-state index in [1.807, 2.05) is 60.8 Å². The van der Waals surface area contributed by atoms with Crippen LogP contribution in [0.25, 0.3) is 21.5 Å². The molecule has 0 aliphatic rings. The highest BCUT2D eigenvalue weighted by molar-refractivity contribution is 7.13. The van der Waals surface area contributed by atoms with Gasteiger partial charge in [0, 0.05) is 18.5 Å². The van der Waals surface area contributed by atoms with Crippen molar-refractivity contribution in [1.82, 2.24) is 15.0 Å². The molecule has 0 saturated carbocycles. The molecule has 0 radical (unpaired) electrons. The van der Waals surface area contributed by atoms with Gasteiger partial charge < -0.3 is 9.42 Å². The fourth-order valence-corrected chi connectivity index (χ4v) is 3.60. The van der Waals surface area contributed by atoms with Gasteiger partial charge in [0.1, 0.15) is 11.5 Å². The Hall–Kier alpha value is -2.99. The van der Waals surface area contributed by atoms with E-state index in [9.17, 15) is 4.79 Å². The molecule has 3 aromatic heterocycles. The van der Waals surface area contributed by atoms with Gasteiger partial charge in [-0.2, -0.15) is 0 Å². The Morgan fingerprint density at radius 2 is 2.04 bits per heavy atom. The van der Waals surface area contributed by atoms with E-state index in [1.165, 1.54) is 0 Å². The molecule has 3 heterocycles. The first-order valence-corrected chi connectivity index (χ1v) is 9.11. The summed E-state index contributed by atoms with van der Waals surface area (Å²) >= 11 is 1.61. The molecule has 1 aromatic carbocycles. The quantitative estimate of drug-likeness (QED) is 0.534. The van der Waals surface area contributed by atoms with Crippen LogP contribution in [-0.2, 0) is 6.54 Å². The second kappa shape index (κ2) is 6.72. The normalized spacial score (nSPS) is 11.0. The molecule has 6 heteroatoms. The molecule has 0 spiro atoms. The van der Waals surface area contributed by atoms with Gasteiger partial charge in [0.2, 0.25) is 0 Å². The number of aromatic nitrogens is 2. The molecule has 4 rings (SSSR count). The Bertz CT molecular complexity index is 1070. The monoisotopic (exact) mass is 363 g/mol. The lowest BCUT2D eigenvalue weighted by Gasteiger charge is -2.17. The van der Waals surface area contributed by atoms with Crippen molar-refractivity contribution in [2.75, 3.05) is 7.05 Å². The minimum absolute atomic E-state index is 0.0675. The Kier molecular flexibility index (Phi) is 4.26. The number of benzene rings is 1. The van der Waals surface area contributed by atoms with Crippen LogP contribution in [-0.4, -0.2) is 28.0 Å². The lowest BCUT2D eigenvalue weighted by molar-refractivity contribution is 0.0784. The summed E-state index contributed by atoms with van der Waals surface area (Å²) in [6.07, 6.45) is 0. The molecule has 0 bridgehead atoms. The molecule has 4 aromatic rings. The van der Waals surface area contributed by atoms with E-state index in [-0.39, 0.29) is 5.91 Å². The van der Waals surface area contributed by atoms with Crippen LogP contribution in [0.4, 0.5) is 0 Å². The van der Waals surface area contributed by atoms with Crippen molar-refractivity contribution in [2.24, 2.45) is 0 Å². The average molecular weight is 363 g/mol. The summed E-state index contributed by atoms with van der Waals surface area (Å²) in [5.74, 6) is 0.664. The highest BCUT2D eigenvalue weighted by Crippen LogP contribution is 2.28. The Morgan fingerprint density at radius 1 is 1.19 bits per heavy atom. The van der Waals surface area contributed by atoms with Gasteiger partial charge in [0.05, 0.1) is 28.2 Å². The van der Waals surface area contributed by atoms with Crippen molar-refractivity contribution < 1.29 is 9.32 Å². The highest BCUT2D eigenvalue weighted by Gasteiger charge is 2.18. The van der Waals surface area contributed by atoms with Crippen LogP contribution < -0.4 is 0 Å². The second-order valence-corrected chi connectivity index (χ2v) is 7.09. The van der Waals surface area contributed by atoms with Gasteiger partial charge >= 0.3 is 0 Å². The van der Waals surface area contributed by atoms with Crippen molar-refractivity contribution >= 4 is 28.1 Å². The number of thiophene rings is 1. The molecule has 0 fully saturated rings. The standard InChI is InChI=1S/C20H17N3O2S/c1-13-10-14(22-25-13)12-23(2)20(24)16-11-18(19-8-5-9-26-19)21-17-7-4-3-6-15(16)17/h3-11H,12H2,1-2H3. The van der Waals surface area contributed by atoms with Crippen LogP contribution in [0.1, 0.15) is 21.8 Å². The number of hydrogen-bond donors (Lipinski definition) is 0. The summed E-state index contributed by atoms with van der Waals surface area (Å²) < 4.78 is 5.09. The molecule has 0 aliphatic heterocycles. The maximum absolute atomic E-state index is 13.1. The number of fused-ring (bicyclic) bond motifs is 1. The third kappa shape index (κ3) is 3.11. The fraction of sp³-hybridized carbons (Fsp3) is 0.150. The van der Waals surface area contributed by atoms with E-state index in [4.69, 9.17) is 9.51 Å². The molecule has 5 nitrogen and oxygen atoms in total. The summed E-state index contributed by atoms with van der Waals surface area (Å²) in [6.45, 7) is 2.23. The van der Waals surface area contributed by atoms with Crippen molar-refractivity contribution in [3.05, 3.63) is 70.9 Å². The number of carbonyl (C=O) groups excluding carboxylic acids is 1. The van der Waals surface area contributed by atoms with Gasteiger partial charge in [-0.1, -0.05) is 29.4 Å². The van der Waals surface area contributed by atoms with E-state index < -0.39 is 0 Å². The van der Waals surface area contributed by atoms with E-state index in [2.05, 4.69) is 5.16 Å². The molecule has 0 N–H and O–H groups in total. The van der Waals surface area contributed by atoms with Crippen LogP contribution in [0.15, 0.2) is 58.4 Å². The number of nitrogens with zero attached hydrogens (tertiary/aromatic N) is 3. The molecule has 0 aliphatic carbocycles. The molecule has 1 amide bonds. The van der Waals surface area contributed by atoms with Crippen molar-refractivity contribution in [2.45, 2.75) is 13.5 Å². The predicted octanol–water partition coefficient (Wildman–Crippen LogP) is 4.53. The number of para-hydroxylation sites is 1. The maximum Gasteiger partial charge on any atom is 0.254 e. The third-order valence-electron chi connectivity index (χ3n) is 4.14. The zero-order valence-electron chi connectivity index (χ0n) is 14.5. The van der Waals surface area contributed by atoms with E-state index >= 15 is 0 Å². The SMILES string of the molecule is Cc1cc(CN(C)C(=O)c2cc(-c3cccs3)nc3ccccc23)no1.